The van der Waals surface area contributed by atoms with Gasteiger partial charge in [0.05, 0.1) is 24.3 Å². The summed E-state index contributed by atoms with van der Waals surface area (Å²) in [7, 11) is 1.19. The largest absolute Gasteiger partial charge is 0.466 e. The lowest BCUT2D eigenvalue weighted by molar-refractivity contribution is -0.139. The van der Waals surface area contributed by atoms with Crippen LogP contribution in [0.5, 0.6) is 0 Å². The number of rotatable bonds is 3. The lowest BCUT2D eigenvalue weighted by Crippen LogP contribution is -2.48. The van der Waals surface area contributed by atoms with E-state index in [2.05, 4.69) is 5.32 Å². The summed E-state index contributed by atoms with van der Waals surface area (Å²) in [5, 5.41) is 3.11. The van der Waals surface area contributed by atoms with Crippen LogP contribution in [0.2, 0.25) is 0 Å². The first-order chi connectivity index (χ1) is 11.2. The maximum absolute atomic E-state index is 13.3. The molecule has 1 atom stereocenters. The summed E-state index contributed by atoms with van der Waals surface area (Å²) in [6.45, 7) is 3.95. The summed E-state index contributed by atoms with van der Waals surface area (Å²) in [5.74, 6) is -0.692. The number of nitrogens with one attached hydrogen (secondary N) is 1. The van der Waals surface area contributed by atoms with E-state index < -0.39 is 23.8 Å². The van der Waals surface area contributed by atoms with Crippen molar-refractivity contribution in [3.8, 4) is 0 Å². The van der Waals surface area contributed by atoms with E-state index in [0.29, 0.717) is 12.2 Å². The molecule has 8 heteroatoms. The fraction of sp³-hybridized carbons (Fsp3) is 0.375. The zero-order chi connectivity index (χ0) is 18.1. The average molecular weight is 358 g/mol. The zero-order valence-corrected chi connectivity index (χ0v) is 14.2. The molecule has 0 aliphatic carbocycles. The van der Waals surface area contributed by atoms with Crippen molar-refractivity contribution in [3.05, 3.63) is 46.7 Å². The molecule has 1 aromatic rings. The summed E-state index contributed by atoms with van der Waals surface area (Å²) in [6.07, 6.45) is -4.54. The molecule has 4 nitrogen and oxygen atoms in total. The van der Waals surface area contributed by atoms with Crippen molar-refractivity contribution in [2.75, 3.05) is 13.7 Å². The number of carbonyl (C=O) groups is 1. The summed E-state index contributed by atoms with van der Waals surface area (Å²) in [6, 6.07) is 4.09. The summed E-state index contributed by atoms with van der Waals surface area (Å²) in [5.41, 5.74) is -0.285. The van der Waals surface area contributed by atoms with Gasteiger partial charge in [-0.15, -0.1) is 0 Å². The number of methoxy groups -OCH3 is 1. The first-order valence-corrected chi connectivity index (χ1v) is 7.66. The molecule has 1 aliphatic heterocycles. The molecule has 1 N–H and O–H groups in total. The second-order valence-corrected chi connectivity index (χ2v) is 5.59. The molecule has 24 heavy (non-hydrogen) atoms. The molecule has 1 heterocycles. The van der Waals surface area contributed by atoms with Crippen molar-refractivity contribution in [1.29, 1.82) is 0 Å². The Bertz CT molecular complexity index is 701. The molecule has 130 valence electrons. The third-order valence-corrected chi connectivity index (χ3v) is 4.23. The van der Waals surface area contributed by atoms with Gasteiger partial charge in [0.25, 0.3) is 0 Å². The number of nitrogens with zero attached hydrogens (tertiary/aromatic N) is 1. The molecule has 0 amide bonds. The van der Waals surface area contributed by atoms with Gasteiger partial charge in [-0.3, -0.25) is 0 Å². The molecular formula is C16H17F3N2O2S. The fourth-order valence-electron chi connectivity index (χ4n) is 2.78. The molecule has 0 fully saturated rings. The highest BCUT2D eigenvalue weighted by molar-refractivity contribution is 7.80. The molecule has 1 aromatic carbocycles. The molecule has 0 bridgehead atoms. The summed E-state index contributed by atoms with van der Waals surface area (Å²) in [4.78, 5) is 13.9. The second-order valence-electron chi connectivity index (χ2n) is 5.20. The number of thiocarbonyl (C=S) groups is 1. The van der Waals surface area contributed by atoms with Crippen LogP contribution in [0.15, 0.2) is 35.5 Å². The van der Waals surface area contributed by atoms with Gasteiger partial charge < -0.3 is 15.0 Å². The molecule has 0 radical (unpaired) electrons. The Balaban J connectivity index is 2.67. The van der Waals surface area contributed by atoms with Gasteiger partial charge in [0, 0.05) is 12.2 Å². The van der Waals surface area contributed by atoms with Gasteiger partial charge in [-0.25, -0.2) is 4.79 Å². The maximum Gasteiger partial charge on any atom is 0.416 e. The van der Waals surface area contributed by atoms with Crippen LogP contribution in [-0.4, -0.2) is 29.6 Å². The lowest BCUT2D eigenvalue weighted by Gasteiger charge is -2.37. The lowest BCUT2D eigenvalue weighted by atomic mass is 9.91. The van der Waals surface area contributed by atoms with Crippen LogP contribution >= 0.6 is 12.2 Å². The van der Waals surface area contributed by atoms with Crippen LogP contribution in [0.3, 0.4) is 0 Å². The number of allylic oxidation sites excluding steroid dienone is 1. The third-order valence-electron chi connectivity index (χ3n) is 3.90. The summed E-state index contributed by atoms with van der Waals surface area (Å²) < 4.78 is 44.8. The highest BCUT2D eigenvalue weighted by Gasteiger charge is 2.40. The van der Waals surface area contributed by atoms with Crippen LogP contribution in [-0.2, 0) is 15.7 Å². The van der Waals surface area contributed by atoms with E-state index >= 15 is 0 Å². The standard InChI is InChI=1S/C16H17F3N2O2S/c1-4-21-9(2)12(14(22)23-3)13(20-15(21)24)10-7-5-6-8-11(10)16(17,18)19/h5-8,13H,4H2,1-3H3,(H,20,24)/t13-/m0/s1. The van der Waals surface area contributed by atoms with Gasteiger partial charge in [-0.1, -0.05) is 18.2 Å². The van der Waals surface area contributed by atoms with Gasteiger partial charge in [0.2, 0.25) is 0 Å². The molecular weight excluding hydrogens is 341 g/mol. The highest BCUT2D eigenvalue weighted by atomic mass is 32.1. The van der Waals surface area contributed by atoms with Crippen LogP contribution in [0.25, 0.3) is 0 Å². The normalized spacial score (nSPS) is 18.5. The van der Waals surface area contributed by atoms with Crippen molar-refractivity contribution >= 4 is 23.3 Å². The van der Waals surface area contributed by atoms with E-state index in [1.165, 1.54) is 25.3 Å². The molecule has 0 aromatic heterocycles. The molecule has 2 rings (SSSR count). The SMILES string of the molecule is CCN1C(=S)N[C@@H](c2ccccc2C(F)(F)F)C(C(=O)OC)=C1C. The van der Waals surface area contributed by atoms with E-state index in [-0.39, 0.29) is 16.2 Å². The first kappa shape index (κ1) is 18.3. The van der Waals surface area contributed by atoms with Crippen molar-refractivity contribution < 1.29 is 22.7 Å². The Morgan fingerprint density at radius 2 is 2.00 bits per heavy atom. The van der Waals surface area contributed by atoms with Crippen LogP contribution in [0.4, 0.5) is 13.2 Å². The number of benzene rings is 1. The van der Waals surface area contributed by atoms with E-state index in [1.807, 2.05) is 6.92 Å². The van der Waals surface area contributed by atoms with Gasteiger partial charge in [0.15, 0.2) is 5.11 Å². The molecule has 0 saturated carbocycles. The van der Waals surface area contributed by atoms with Crippen molar-refractivity contribution in [3.63, 3.8) is 0 Å². The van der Waals surface area contributed by atoms with Gasteiger partial charge in [0.1, 0.15) is 0 Å². The Hall–Kier alpha value is -2.09. The number of hydrogen-bond donors (Lipinski definition) is 1. The topological polar surface area (TPSA) is 41.6 Å². The molecule has 1 aliphatic rings. The van der Waals surface area contributed by atoms with Crippen molar-refractivity contribution in [2.24, 2.45) is 0 Å². The predicted octanol–water partition coefficient (Wildman–Crippen LogP) is 3.40. The average Bonchev–Trinajstić information content (AvgIpc) is 2.53. The molecule has 0 saturated heterocycles. The molecule has 0 unspecified atom stereocenters. The van der Waals surface area contributed by atoms with E-state index in [1.54, 1.807) is 11.8 Å². The number of ether oxygens (including phenoxy) is 1. The smallest absolute Gasteiger partial charge is 0.416 e. The van der Waals surface area contributed by atoms with Crippen LogP contribution in [0.1, 0.15) is 31.0 Å². The van der Waals surface area contributed by atoms with Crippen LogP contribution in [0, 0.1) is 0 Å². The van der Waals surface area contributed by atoms with E-state index in [0.717, 1.165) is 6.07 Å². The highest BCUT2D eigenvalue weighted by Crippen LogP contribution is 2.39. The van der Waals surface area contributed by atoms with E-state index in [4.69, 9.17) is 17.0 Å². The van der Waals surface area contributed by atoms with Crippen LogP contribution < -0.4 is 5.32 Å². The first-order valence-electron chi connectivity index (χ1n) is 7.25. The number of alkyl halides is 3. The van der Waals surface area contributed by atoms with Gasteiger partial charge in [-0.2, -0.15) is 13.2 Å². The minimum absolute atomic E-state index is 0.0668. The monoisotopic (exact) mass is 358 g/mol. The Morgan fingerprint density at radius 1 is 1.38 bits per heavy atom. The van der Waals surface area contributed by atoms with Crippen molar-refractivity contribution in [1.82, 2.24) is 10.2 Å². The van der Waals surface area contributed by atoms with Gasteiger partial charge >= 0.3 is 12.1 Å². The Morgan fingerprint density at radius 3 is 2.54 bits per heavy atom. The number of esters is 1. The minimum atomic E-state index is -4.54. The van der Waals surface area contributed by atoms with E-state index in [9.17, 15) is 18.0 Å². The van der Waals surface area contributed by atoms with Gasteiger partial charge in [-0.05, 0) is 37.7 Å². The predicted molar refractivity (Wildman–Crippen MR) is 87.0 cm³/mol. The number of hydrogen-bond acceptors (Lipinski definition) is 3. The maximum atomic E-state index is 13.3. The molecule has 0 spiro atoms. The minimum Gasteiger partial charge on any atom is -0.466 e. The number of carbonyl (C=O) groups excluding carboxylic acids is 1. The Kier molecular flexibility index (Phi) is 5.17. The Labute approximate surface area is 143 Å². The second kappa shape index (κ2) is 6.80. The summed E-state index contributed by atoms with van der Waals surface area (Å²) >= 11 is 5.24. The third kappa shape index (κ3) is 3.24. The quantitative estimate of drug-likeness (QED) is 0.663. The van der Waals surface area contributed by atoms with Crippen molar-refractivity contribution in [2.45, 2.75) is 26.1 Å². The zero-order valence-electron chi connectivity index (χ0n) is 13.4. The fourth-order valence-corrected chi connectivity index (χ4v) is 3.16. The number of halogens is 3.